The Labute approximate surface area is 181 Å². The molecule has 0 spiro atoms. The maximum absolute atomic E-state index is 12.6. The third-order valence-corrected chi connectivity index (χ3v) is 9.83. The zero-order chi connectivity index (χ0) is 21.1. The lowest BCUT2D eigenvalue weighted by atomic mass is 9.46. The summed E-state index contributed by atoms with van der Waals surface area (Å²) in [6.07, 6.45) is 12.2. The number of hydrogen-bond acceptors (Lipinski definition) is 4. The fraction of sp³-hybridized carbons (Fsp3) is 0.846. The Kier molecular flexibility index (Phi) is 5.25. The molecule has 30 heavy (non-hydrogen) atoms. The van der Waals surface area contributed by atoms with Crippen molar-refractivity contribution in [3.63, 3.8) is 0 Å². The Balaban J connectivity index is 1.52. The van der Waals surface area contributed by atoms with Crippen LogP contribution in [0, 0.1) is 34.5 Å². The normalized spacial score (nSPS) is 48.4. The van der Waals surface area contributed by atoms with Gasteiger partial charge in [0, 0.05) is 18.9 Å². The maximum atomic E-state index is 12.6. The van der Waals surface area contributed by atoms with E-state index in [1.165, 1.54) is 18.4 Å². The fourth-order valence-corrected chi connectivity index (χ4v) is 8.46. The molecule has 0 bridgehead atoms. The van der Waals surface area contributed by atoms with E-state index in [9.17, 15) is 9.59 Å². The first-order valence-corrected chi connectivity index (χ1v) is 12.3. The van der Waals surface area contributed by atoms with Gasteiger partial charge < -0.3 is 9.47 Å². The van der Waals surface area contributed by atoms with Crippen molar-refractivity contribution in [2.75, 3.05) is 6.61 Å². The van der Waals surface area contributed by atoms with E-state index in [2.05, 4.69) is 13.8 Å². The van der Waals surface area contributed by atoms with E-state index in [1.807, 2.05) is 6.08 Å². The van der Waals surface area contributed by atoms with Crippen LogP contribution in [-0.2, 0) is 19.1 Å². The summed E-state index contributed by atoms with van der Waals surface area (Å²) in [6, 6.07) is 0. The summed E-state index contributed by atoms with van der Waals surface area (Å²) >= 11 is 0. The van der Waals surface area contributed by atoms with Crippen LogP contribution < -0.4 is 0 Å². The number of rotatable bonds is 3. The van der Waals surface area contributed by atoms with Gasteiger partial charge in [0.25, 0.3) is 0 Å². The Bertz CT molecular complexity index is 750. The fourth-order valence-electron chi connectivity index (χ4n) is 8.46. The number of fused-ring (bicyclic) bond motifs is 5. The van der Waals surface area contributed by atoms with Crippen LogP contribution in [-0.4, -0.2) is 30.6 Å². The highest BCUT2D eigenvalue weighted by Gasteiger charge is 2.63. The van der Waals surface area contributed by atoms with Crippen LogP contribution in [0.25, 0.3) is 0 Å². The summed E-state index contributed by atoms with van der Waals surface area (Å²) in [5.74, 6) is 2.43. The lowest BCUT2D eigenvalue weighted by molar-refractivity contribution is -0.240. The van der Waals surface area contributed by atoms with Crippen LogP contribution in [0.15, 0.2) is 11.6 Å². The third kappa shape index (κ3) is 3.16. The van der Waals surface area contributed by atoms with Gasteiger partial charge >= 0.3 is 0 Å². The summed E-state index contributed by atoms with van der Waals surface area (Å²) in [7, 11) is 0. The summed E-state index contributed by atoms with van der Waals surface area (Å²) in [4.78, 5) is 24.8. The molecule has 8 atom stereocenters. The smallest absolute Gasteiger partial charge is 0.157 e. The highest BCUT2D eigenvalue weighted by Crippen LogP contribution is 2.67. The minimum atomic E-state index is -0.107. The van der Waals surface area contributed by atoms with Crippen molar-refractivity contribution in [3.8, 4) is 0 Å². The van der Waals surface area contributed by atoms with Gasteiger partial charge in [-0.3, -0.25) is 9.59 Å². The maximum Gasteiger partial charge on any atom is 0.157 e. The molecular weight excluding hydrogens is 376 g/mol. The van der Waals surface area contributed by atoms with Gasteiger partial charge in [0.2, 0.25) is 0 Å². The monoisotopic (exact) mass is 414 g/mol. The van der Waals surface area contributed by atoms with Crippen molar-refractivity contribution < 1.29 is 19.1 Å². The molecule has 0 unspecified atom stereocenters. The van der Waals surface area contributed by atoms with Gasteiger partial charge in [-0.2, -0.15) is 0 Å². The molecule has 4 aliphatic carbocycles. The van der Waals surface area contributed by atoms with Gasteiger partial charge in [0.05, 0.1) is 6.10 Å². The number of carbonyl (C=O) groups is 2. The Morgan fingerprint density at radius 1 is 1.13 bits per heavy atom. The molecule has 3 saturated carbocycles. The van der Waals surface area contributed by atoms with E-state index in [0.717, 1.165) is 51.6 Å². The largest absolute Gasteiger partial charge is 0.353 e. The molecule has 0 amide bonds. The molecule has 0 N–H and O–H groups in total. The number of ketones is 2. The van der Waals surface area contributed by atoms with E-state index in [4.69, 9.17) is 9.47 Å². The highest BCUT2D eigenvalue weighted by molar-refractivity contribution is 5.91. The van der Waals surface area contributed by atoms with E-state index in [-0.39, 0.29) is 29.1 Å². The van der Waals surface area contributed by atoms with Crippen LogP contribution in [0.5, 0.6) is 0 Å². The number of Topliss-reactive ketones (excluding diaryl/α,β-unsaturated/α-hetero) is 1. The summed E-state index contributed by atoms with van der Waals surface area (Å²) < 4.78 is 12.8. The van der Waals surface area contributed by atoms with Crippen molar-refractivity contribution in [3.05, 3.63) is 11.6 Å². The predicted molar refractivity (Wildman–Crippen MR) is 115 cm³/mol. The van der Waals surface area contributed by atoms with Crippen molar-refractivity contribution in [2.45, 2.75) is 97.4 Å². The number of hydrogen-bond donors (Lipinski definition) is 0. The summed E-state index contributed by atoms with van der Waals surface area (Å²) in [5.41, 5.74) is 1.45. The van der Waals surface area contributed by atoms with Gasteiger partial charge in [-0.1, -0.05) is 19.4 Å². The molecule has 1 heterocycles. The second kappa shape index (κ2) is 7.55. The average Bonchev–Trinajstić information content (AvgIpc) is 3.06. The van der Waals surface area contributed by atoms with Crippen molar-refractivity contribution in [2.24, 2.45) is 34.5 Å². The minimum Gasteiger partial charge on any atom is -0.353 e. The number of ether oxygens (including phenoxy) is 2. The molecule has 5 rings (SSSR count). The molecule has 1 saturated heterocycles. The first-order valence-electron chi connectivity index (χ1n) is 12.3. The van der Waals surface area contributed by atoms with Gasteiger partial charge in [-0.25, -0.2) is 0 Å². The van der Waals surface area contributed by atoms with E-state index in [0.29, 0.717) is 35.7 Å². The molecule has 4 heteroatoms. The first kappa shape index (κ1) is 20.9. The number of carbonyl (C=O) groups excluding carboxylic acids is 2. The molecule has 4 fully saturated rings. The van der Waals surface area contributed by atoms with Crippen molar-refractivity contribution >= 4 is 11.6 Å². The minimum absolute atomic E-state index is 0.0361. The molecule has 5 aliphatic rings. The molecule has 0 aromatic heterocycles. The zero-order valence-electron chi connectivity index (χ0n) is 19.0. The van der Waals surface area contributed by atoms with Crippen LogP contribution in [0.1, 0.15) is 85.0 Å². The second-order valence-electron chi connectivity index (χ2n) is 11.3. The standard InChI is InChI=1S/C26H38O4/c1-16(27)20-9-10-21-19-8-7-17-14-18(28)11-12-25(17,2)24(19)22(15-26(20,21)3)30-23-6-4-5-13-29-23/h14,19-24H,4-13,15H2,1-3H3/t19-,20+,21-,22+,23-,24+,25-,26+/m0/s1. The molecule has 0 radical (unpaired) electrons. The molecule has 0 aromatic rings. The quantitative estimate of drug-likeness (QED) is 0.633. The van der Waals surface area contributed by atoms with Gasteiger partial charge in [0.1, 0.15) is 5.78 Å². The lowest BCUT2D eigenvalue weighted by Gasteiger charge is -2.60. The van der Waals surface area contributed by atoms with Crippen molar-refractivity contribution in [1.82, 2.24) is 0 Å². The SMILES string of the molecule is CC(=O)[C@H]1CC[C@H]2[C@@H]3CCC4=CC(=O)CC[C@]4(C)[C@H]3[C@H](O[C@H]3CCCCO3)C[C@]12C. The van der Waals surface area contributed by atoms with Gasteiger partial charge in [-0.15, -0.1) is 0 Å². The Morgan fingerprint density at radius 3 is 2.70 bits per heavy atom. The van der Waals surface area contributed by atoms with Crippen LogP contribution >= 0.6 is 0 Å². The molecule has 0 aromatic carbocycles. The van der Waals surface area contributed by atoms with Crippen molar-refractivity contribution in [1.29, 1.82) is 0 Å². The Morgan fingerprint density at radius 2 is 1.97 bits per heavy atom. The van der Waals surface area contributed by atoms with E-state index < -0.39 is 0 Å². The molecule has 1 aliphatic heterocycles. The Hall–Kier alpha value is -1.00. The highest BCUT2D eigenvalue weighted by atomic mass is 16.7. The third-order valence-electron chi connectivity index (χ3n) is 9.83. The molecular formula is C26H38O4. The van der Waals surface area contributed by atoms with Gasteiger partial charge in [0.15, 0.2) is 12.1 Å². The predicted octanol–water partition coefficient (Wildman–Crippen LogP) is 5.25. The molecule has 166 valence electrons. The van der Waals surface area contributed by atoms with Crippen LogP contribution in [0.3, 0.4) is 0 Å². The lowest BCUT2D eigenvalue weighted by Crippen LogP contribution is -2.58. The summed E-state index contributed by atoms with van der Waals surface area (Å²) in [5, 5.41) is 0. The van der Waals surface area contributed by atoms with E-state index >= 15 is 0 Å². The van der Waals surface area contributed by atoms with Crippen LogP contribution in [0.2, 0.25) is 0 Å². The topological polar surface area (TPSA) is 52.6 Å². The zero-order valence-corrected chi connectivity index (χ0v) is 19.0. The number of allylic oxidation sites excluding steroid dienone is 1. The van der Waals surface area contributed by atoms with Gasteiger partial charge in [-0.05, 0) is 99.4 Å². The second-order valence-corrected chi connectivity index (χ2v) is 11.3. The van der Waals surface area contributed by atoms with Crippen LogP contribution in [0.4, 0.5) is 0 Å². The summed E-state index contributed by atoms with van der Waals surface area (Å²) in [6.45, 7) is 7.36. The first-order chi connectivity index (χ1) is 14.3. The molecule has 4 nitrogen and oxygen atoms in total. The van der Waals surface area contributed by atoms with E-state index in [1.54, 1.807) is 6.92 Å². The average molecular weight is 415 g/mol.